The Kier molecular flexibility index (Phi) is 5.77. The number of rotatable bonds is 8. The van der Waals surface area contributed by atoms with Gasteiger partial charge in [0.15, 0.2) is 5.82 Å². The van der Waals surface area contributed by atoms with E-state index in [1.54, 1.807) is 18.7 Å². The van der Waals surface area contributed by atoms with E-state index < -0.39 is 10.0 Å². The summed E-state index contributed by atoms with van der Waals surface area (Å²) in [5.74, 6) is 0.0277. The van der Waals surface area contributed by atoms with E-state index in [0.29, 0.717) is 19.6 Å². The summed E-state index contributed by atoms with van der Waals surface area (Å²) in [5.41, 5.74) is 5.66. The number of ether oxygens (including phenoxy) is 1. The van der Waals surface area contributed by atoms with Crippen LogP contribution in [0.15, 0.2) is 11.1 Å². The highest BCUT2D eigenvalue weighted by Crippen LogP contribution is 2.17. The quantitative estimate of drug-likeness (QED) is 0.729. The Bertz CT molecular complexity index is 498. The van der Waals surface area contributed by atoms with E-state index in [1.165, 1.54) is 6.20 Å². The van der Waals surface area contributed by atoms with E-state index in [1.807, 2.05) is 6.92 Å². The van der Waals surface area contributed by atoms with Crippen LogP contribution in [-0.2, 0) is 21.3 Å². The van der Waals surface area contributed by atoms with Crippen molar-refractivity contribution in [1.82, 2.24) is 14.5 Å². The van der Waals surface area contributed by atoms with Crippen molar-refractivity contribution in [3.05, 3.63) is 6.20 Å². The molecule has 0 spiro atoms. The number of aryl methyl sites for hydroxylation is 1. The van der Waals surface area contributed by atoms with Gasteiger partial charge in [0, 0.05) is 32.5 Å². The third kappa shape index (κ3) is 4.48. The number of nitrogens with one attached hydrogen (secondary N) is 1. The Morgan fingerprint density at radius 1 is 1.58 bits per heavy atom. The first-order valence-electron chi connectivity index (χ1n) is 6.25. The normalized spacial score (nSPS) is 13.6. The van der Waals surface area contributed by atoms with Gasteiger partial charge in [0.05, 0.1) is 0 Å². The number of sulfonamides is 1. The molecule has 0 aliphatic rings. The lowest BCUT2D eigenvalue weighted by Crippen LogP contribution is -2.33. The minimum absolute atomic E-state index is 0.0277. The molecule has 1 unspecified atom stereocenters. The molecule has 1 atom stereocenters. The Labute approximate surface area is 114 Å². The maximum absolute atomic E-state index is 12.2. The minimum atomic E-state index is -3.63. The van der Waals surface area contributed by atoms with Crippen LogP contribution in [0.2, 0.25) is 0 Å². The van der Waals surface area contributed by atoms with Gasteiger partial charge in [-0.1, -0.05) is 6.92 Å². The monoisotopic (exact) mass is 290 g/mol. The second kappa shape index (κ2) is 6.88. The van der Waals surface area contributed by atoms with Crippen molar-refractivity contribution in [3.8, 4) is 0 Å². The van der Waals surface area contributed by atoms with Crippen LogP contribution in [0, 0.1) is 0 Å². The lowest BCUT2D eigenvalue weighted by Gasteiger charge is -2.12. The third-order valence-corrected chi connectivity index (χ3v) is 4.21. The number of nitrogens with two attached hydrogens (primary N) is 1. The standard InChI is InChI=1S/C11H22N4O3S/c1-4-6-15-8-10(11(12)13-15)19(16,17)14-9(2)5-7-18-3/h8-9,14H,4-7H2,1-3H3,(H2,12,13). The smallest absolute Gasteiger partial charge is 0.246 e. The molecule has 0 fully saturated rings. The molecule has 7 nitrogen and oxygen atoms in total. The lowest BCUT2D eigenvalue weighted by atomic mass is 10.3. The summed E-state index contributed by atoms with van der Waals surface area (Å²) in [4.78, 5) is 0.0326. The predicted octanol–water partition coefficient (Wildman–Crippen LogP) is 0.579. The van der Waals surface area contributed by atoms with Crippen molar-refractivity contribution in [1.29, 1.82) is 0 Å². The fourth-order valence-corrected chi connectivity index (χ4v) is 3.00. The molecular weight excluding hydrogens is 268 g/mol. The fraction of sp³-hybridized carbons (Fsp3) is 0.727. The zero-order valence-corrected chi connectivity index (χ0v) is 12.4. The number of nitrogens with zero attached hydrogens (tertiary/aromatic N) is 2. The minimum Gasteiger partial charge on any atom is -0.385 e. The summed E-state index contributed by atoms with van der Waals surface area (Å²) in [7, 11) is -2.05. The molecular formula is C11H22N4O3S. The van der Waals surface area contributed by atoms with Gasteiger partial charge in [-0.15, -0.1) is 0 Å². The summed E-state index contributed by atoms with van der Waals surface area (Å²) in [6.45, 7) is 4.90. The predicted molar refractivity (Wildman–Crippen MR) is 73.2 cm³/mol. The number of methoxy groups -OCH3 is 1. The highest BCUT2D eigenvalue weighted by molar-refractivity contribution is 7.89. The van der Waals surface area contributed by atoms with Crippen molar-refractivity contribution in [2.24, 2.45) is 0 Å². The summed E-state index contributed by atoms with van der Waals surface area (Å²) in [6, 6.07) is -0.223. The molecule has 110 valence electrons. The highest BCUT2D eigenvalue weighted by atomic mass is 32.2. The number of hydrogen-bond acceptors (Lipinski definition) is 5. The maximum Gasteiger partial charge on any atom is 0.246 e. The number of hydrogen-bond donors (Lipinski definition) is 2. The van der Waals surface area contributed by atoms with E-state index in [4.69, 9.17) is 10.5 Å². The Morgan fingerprint density at radius 2 is 2.26 bits per heavy atom. The van der Waals surface area contributed by atoms with Gasteiger partial charge >= 0.3 is 0 Å². The second-order valence-electron chi connectivity index (χ2n) is 4.45. The first kappa shape index (κ1) is 15.9. The zero-order valence-electron chi connectivity index (χ0n) is 11.6. The Morgan fingerprint density at radius 3 is 2.84 bits per heavy atom. The van der Waals surface area contributed by atoms with Gasteiger partial charge in [-0.2, -0.15) is 5.10 Å². The van der Waals surface area contributed by atoms with E-state index in [2.05, 4.69) is 9.82 Å². The van der Waals surface area contributed by atoms with E-state index in [0.717, 1.165) is 6.42 Å². The van der Waals surface area contributed by atoms with E-state index >= 15 is 0 Å². The van der Waals surface area contributed by atoms with Crippen LogP contribution < -0.4 is 10.5 Å². The van der Waals surface area contributed by atoms with Crippen LogP contribution in [0.1, 0.15) is 26.7 Å². The molecule has 8 heteroatoms. The van der Waals surface area contributed by atoms with Crippen LogP contribution in [0.25, 0.3) is 0 Å². The van der Waals surface area contributed by atoms with Gasteiger partial charge in [0.2, 0.25) is 10.0 Å². The van der Waals surface area contributed by atoms with Gasteiger partial charge in [0.1, 0.15) is 4.90 Å². The second-order valence-corrected chi connectivity index (χ2v) is 6.13. The van der Waals surface area contributed by atoms with E-state index in [-0.39, 0.29) is 16.8 Å². The van der Waals surface area contributed by atoms with E-state index in [9.17, 15) is 8.42 Å². The molecule has 0 saturated carbocycles. The summed E-state index contributed by atoms with van der Waals surface area (Å²) in [6.07, 6.45) is 2.92. The third-order valence-electron chi connectivity index (χ3n) is 2.61. The van der Waals surface area contributed by atoms with Crippen molar-refractivity contribution in [3.63, 3.8) is 0 Å². The molecule has 0 bridgehead atoms. The van der Waals surface area contributed by atoms with Crippen LogP contribution in [0.4, 0.5) is 5.82 Å². The van der Waals surface area contributed by atoms with Crippen LogP contribution in [0.3, 0.4) is 0 Å². The number of nitrogen functional groups attached to an aromatic ring is 1. The van der Waals surface area contributed by atoms with Crippen molar-refractivity contribution >= 4 is 15.8 Å². The topological polar surface area (TPSA) is 99.2 Å². The van der Waals surface area contributed by atoms with Gasteiger partial charge in [-0.3, -0.25) is 4.68 Å². The van der Waals surface area contributed by atoms with Gasteiger partial charge in [0.25, 0.3) is 0 Å². The SMILES string of the molecule is CCCn1cc(S(=O)(=O)NC(C)CCOC)c(N)n1. The molecule has 0 aromatic carbocycles. The molecule has 0 aliphatic carbocycles. The molecule has 3 N–H and O–H groups in total. The molecule has 1 heterocycles. The van der Waals surface area contributed by atoms with Crippen LogP contribution in [-0.4, -0.2) is 38.0 Å². The van der Waals surface area contributed by atoms with Gasteiger partial charge in [-0.05, 0) is 19.8 Å². The average molecular weight is 290 g/mol. The molecule has 0 amide bonds. The van der Waals surface area contributed by atoms with Crippen LogP contribution in [0.5, 0.6) is 0 Å². The summed E-state index contributed by atoms with van der Waals surface area (Å²) >= 11 is 0. The molecule has 0 aliphatic heterocycles. The van der Waals surface area contributed by atoms with Crippen LogP contribution >= 0.6 is 0 Å². The molecule has 1 aromatic heterocycles. The largest absolute Gasteiger partial charge is 0.385 e. The van der Waals surface area contributed by atoms with Gasteiger partial charge in [-0.25, -0.2) is 13.1 Å². The van der Waals surface area contributed by atoms with Crippen molar-refractivity contribution in [2.45, 2.75) is 44.2 Å². The lowest BCUT2D eigenvalue weighted by molar-refractivity contribution is 0.188. The molecule has 0 saturated heterocycles. The Hall–Kier alpha value is -1.12. The molecule has 1 aromatic rings. The summed E-state index contributed by atoms with van der Waals surface area (Å²) < 4.78 is 33.3. The number of anilines is 1. The molecule has 1 rings (SSSR count). The first-order valence-corrected chi connectivity index (χ1v) is 7.73. The molecule has 0 radical (unpaired) electrons. The maximum atomic E-state index is 12.2. The first-order chi connectivity index (χ1) is 8.90. The summed E-state index contributed by atoms with van der Waals surface area (Å²) in [5, 5.41) is 3.99. The number of aromatic nitrogens is 2. The zero-order chi connectivity index (χ0) is 14.5. The van der Waals surface area contributed by atoms with Crippen molar-refractivity contribution in [2.75, 3.05) is 19.5 Å². The van der Waals surface area contributed by atoms with Gasteiger partial charge < -0.3 is 10.5 Å². The van der Waals surface area contributed by atoms with Crippen molar-refractivity contribution < 1.29 is 13.2 Å². The molecule has 19 heavy (non-hydrogen) atoms. The Balaban J connectivity index is 2.82. The average Bonchev–Trinajstić information content (AvgIpc) is 2.68. The fourth-order valence-electron chi connectivity index (χ4n) is 1.65. The highest BCUT2D eigenvalue weighted by Gasteiger charge is 2.22.